The van der Waals surface area contributed by atoms with E-state index in [0.29, 0.717) is 0 Å². The first-order valence-electron chi connectivity index (χ1n) is 10.8. The van der Waals surface area contributed by atoms with E-state index in [1.54, 1.807) is 11.9 Å². The van der Waals surface area contributed by atoms with Crippen molar-refractivity contribution in [1.29, 1.82) is 0 Å². The summed E-state index contributed by atoms with van der Waals surface area (Å²) in [5.74, 6) is -0.741. The van der Waals surface area contributed by atoms with E-state index >= 15 is 0 Å². The van der Waals surface area contributed by atoms with Gasteiger partial charge in [-0.2, -0.15) is 4.31 Å². The fourth-order valence-electron chi connectivity index (χ4n) is 3.91. The Labute approximate surface area is 203 Å². The maximum absolute atomic E-state index is 13.5. The van der Waals surface area contributed by atoms with Crippen molar-refractivity contribution in [2.75, 3.05) is 26.2 Å². The third-order valence-electron chi connectivity index (χ3n) is 5.74. The van der Waals surface area contributed by atoms with E-state index in [9.17, 15) is 18.0 Å². The second-order valence-corrected chi connectivity index (χ2v) is 11.1. The maximum atomic E-state index is 13.5. The van der Waals surface area contributed by atoms with Gasteiger partial charge in [0.25, 0.3) is 5.91 Å². The normalized spacial score (nSPS) is 15.7. The fraction of sp³-hybridized carbons (Fsp3) is 0.250. The first-order valence-corrected chi connectivity index (χ1v) is 13.1. The second-order valence-electron chi connectivity index (χ2n) is 7.99. The summed E-state index contributed by atoms with van der Waals surface area (Å²) in [5, 5.41) is -0.431. The number of thioether (sulfide) groups is 1. The van der Waals surface area contributed by atoms with Gasteiger partial charge in [0, 0.05) is 44.3 Å². The maximum Gasteiger partial charge on any atom is 0.265 e. The average molecular weight is 499 g/mol. The van der Waals surface area contributed by atoms with Gasteiger partial charge < -0.3 is 15.2 Å². The zero-order chi connectivity index (χ0) is 24.3. The van der Waals surface area contributed by atoms with Crippen LogP contribution >= 0.6 is 11.8 Å². The fourth-order valence-corrected chi connectivity index (χ4v) is 6.53. The van der Waals surface area contributed by atoms with Crippen LogP contribution in [0.2, 0.25) is 0 Å². The molecule has 1 saturated heterocycles. The lowest BCUT2D eigenvalue weighted by molar-refractivity contribution is -0.131. The van der Waals surface area contributed by atoms with Crippen LogP contribution in [0.15, 0.2) is 82.7 Å². The summed E-state index contributed by atoms with van der Waals surface area (Å²) >= 11 is 1.48. The molecule has 34 heavy (non-hydrogen) atoms. The van der Waals surface area contributed by atoms with E-state index in [2.05, 4.69) is 0 Å². The summed E-state index contributed by atoms with van der Waals surface area (Å²) in [6.07, 6.45) is 1.38. The van der Waals surface area contributed by atoms with E-state index in [-0.39, 0.29) is 42.7 Å². The number of aryl methyl sites for hydroxylation is 1. The molecule has 8 nitrogen and oxygen atoms in total. The van der Waals surface area contributed by atoms with E-state index < -0.39 is 21.2 Å². The molecular weight excluding hydrogens is 472 g/mol. The second kappa shape index (κ2) is 10.0. The molecule has 0 spiro atoms. The highest BCUT2D eigenvalue weighted by atomic mass is 32.2. The van der Waals surface area contributed by atoms with Gasteiger partial charge in [-0.3, -0.25) is 9.59 Å². The predicted octanol–water partition coefficient (Wildman–Crippen LogP) is 2.49. The lowest BCUT2D eigenvalue weighted by Gasteiger charge is -2.35. The number of hydrogen-bond acceptors (Lipinski definition) is 5. The molecule has 4 rings (SSSR count). The topological polar surface area (TPSA) is 106 Å². The van der Waals surface area contributed by atoms with Gasteiger partial charge in [-0.1, -0.05) is 48.5 Å². The van der Waals surface area contributed by atoms with E-state index in [1.165, 1.54) is 32.9 Å². The third-order valence-corrected chi connectivity index (χ3v) is 8.86. The number of nitrogens with two attached hydrogens (primary N) is 1. The van der Waals surface area contributed by atoms with Gasteiger partial charge in [-0.15, -0.1) is 11.8 Å². The van der Waals surface area contributed by atoms with Gasteiger partial charge in [0.15, 0.2) is 0 Å². The van der Waals surface area contributed by atoms with Crippen molar-refractivity contribution in [3.05, 3.63) is 84.2 Å². The van der Waals surface area contributed by atoms with Gasteiger partial charge in [-0.05, 0) is 23.8 Å². The smallest absolute Gasteiger partial charge is 0.265 e. The summed E-state index contributed by atoms with van der Waals surface area (Å²) < 4.78 is 29.0. The Bertz CT molecular complexity index is 1270. The molecule has 10 heteroatoms. The van der Waals surface area contributed by atoms with Crippen LogP contribution in [0.1, 0.15) is 21.3 Å². The molecular formula is C24H26N4O4S2. The summed E-state index contributed by atoms with van der Waals surface area (Å²) in [5.41, 5.74) is 6.34. The molecule has 1 aliphatic rings. The Hall–Kier alpha value is -3.08. The average Bonchev–Trinajstić information content (AvgIpc) is 3.26. The monoisotopic (exact) mass is 498 g/mol. The highest BCUT2D eigenvalue weighted by Crippen LogP contribution is 2.37. The van der Waals surface area contributed by atoms with Crippen molar-refractivity contribution in [2.45, 2.75) is 15.0 Å². The van der Waals surface area contributed by atoms with Crippen molar-refractivity contribution in [3.8, 4) is 0 Å². The lowest BCUT2D eigenvalue weighted by Crippen LogP contribution is -2.51. The van der Waals surface area contributed by atoms with E-state index in [4.69, 9.17) is 5.73 Å². The summed E-state index contributed by atoms with van der Waals surface area (Å²) in [6, 6.07) is 20.6. The van der Waals surface area contributed by atoms with Crippen LogP contribution in [0.3, 0.4) is 0 Å². The summed E-state index contributed by atoms with van der Waals surface area (Å²) in [7, 11) is -2.23. The van der Waals surface area contributed by atoms with Crippen molar-refractivity contribution in [1.82, 2.24) is 13.8 Å². The first-order chi connectivity index (χ1) is 16.3. The quantitative estimate of drug-likeness (QED) is 0.504. The Balaban J connectivity index is 1.49. The predicted molar refractivity (Wildman–Crippen MR) is 131 cm³/mol. The molecule has 2 heterocycles. The SMILES string of the molecule is Cn1cc(S(=O)(=O)N2CCN(C(=O)[C@@H](Sc3ccccc3)c3ccccc3)CC2)cc1C(N)=O. The molecule has 2 amide bonds. The number of carbonyl (C=O) groups excluding carboxylic acids is 2. The standard InChI is InChI=1S/C24H26N4O4S2/c1-26-17-20(16-21(26)23(25)29)34(31,32)28-14-12-27(13-15-28)24(30)22(18-8-4-2-5-9-18)33-19-10-6-3-7-11-19/h2-11,16-17,22H,12-15H2,1H3,(H2,25,29)/t22-/m0/s1. The molecule has 0 radical (unpaired) electrons. The molecule has 178 valence electrons. The number of primary amides is 1. The van der Waals surface area contributed by atoms with Gasteiger partial charge in [0.2, 0.25) is 15.9 Å². The Kier molecular flexibility index (Phi) is 7.11. The number of carbonyl (C=O) groups is 2. The van der Waals surface area contributed by atoms with Gasteiger partial charge in [0.05, 0.1) is 0 Å². The summed E-state index contributed by atoms with van der Waals surface area (Å²) in [4.78, 5) is 27.8. The highest BCUT2D eigenvalue weighted by Gasteiger charge is 2.34. The van der Waals surface area contributed by atoms with Crippen LogP contribution in [0.4, 0.5) is 0 Å². The van der Waals surface area contributed by atoms with Crippen LogP contribution in [0.5, 0.6) is 0 Å². The van der Waals surface area contributed by atoms with Crippen LogP contribution in [-0.2, 0) is 21.9 Å². The Morgan fingerprint density at radius 2 is 1.53 bits per heavy atom. The minimum atomic E-state index is -3.81. The molecule has 1 aliphatic heterocycles. The van der Waals surface area contributed by atoms with Crippen molar-refractivity contribution in [3.63, 3.8) is 0 Å². The minimum absolute atomic E-state index is 0.0189. The van der Waals surface area contributed by atoms with Crippen molar-refractivity contribution < 1.29 is 18.0 Å². The highest BCUT2D eigenvalue weighted by molar-refractivity contribution is 8.00. The molecule has 1 aromatic heterocycles. The number of aromatic nitrogens is 1. The van der Waals surface area contributed by atoms with E-state index in [0.717, 1.165) is 10.5 Å². The third kappa shape index (κ3) is 5.03. The van der Waals surface area contributed by atoms with Gasteiger partial charge in [-0.25, -0.2) is 8.42 Å². The molecule has 3 aromatic rings. The molecule has 1 fully saturated rings. The number of rotatable bonds is 7. The number of benzene rings is 2. The number of amides is 2. The molecule has 2 N–H and O–H groups in total. The molecule has 1 atom stereocenters. The zero-order valence-electron chi connectivity index (χ0n) is 18.7. The van der Waals surface area contributed by atoms with Crippen LogP contribution in [0, 0.1) is 0 Å². The molecule has 0 aliphatic carbocycles. The van der Waals surface area contributed by atoms with Crippen molar-refractivity contribution in [2.24, 2.45) is 12.8 Å². The molecule has 2 aromatic carbocycles. The number of sulfonamides is 1. The molecule has 0 bridgehead atoms. The van der Waals surface area contributed by atoms with Crippen LogP contribution in [-0.4, -0.2) is 60.2 Å². The van der Waals surface area contributed by atoms with Gasteiger partial charge in [0.1, 0.15) is 15.8 Å². The minimum Gasteiger partial charge on any atom is -0.364 e. The number of nitrogens with zero attached hydrogens (tertiary/aromatic N) is 3. The lowest BCUT2D eigenvalue weighted by atomic mass is 10.1. The van der Waals surface area contributed by atoms with Crippen molar-refractivity contribution >= 4 is 33.6 Å². The van der Waals surface area contributed by atoms with Gasteiger partial charge >= 0.3 is 0 Å². The first kappa shape index (κ1) is 24.1. The van der Waals surface area contributed by atoms with E-state index in [1.807, 2.05) is 60.7 Å². The Morgan fingerprint density at radius 1 is 0.941 bits per heavy atom. The molecule has 0 unspecified atom stereocenters. The largest absolute Gasteiger partial charge is 0.364 e. The Morgan fingerprint density at radius 3 is 2.09 bits per heavy atom. The summed E-state index contributed by atoms with van der Waals surface area (Å²) in [6.45, 7) is 0.914. The number of hydrogen-bond donors (Lipinski definition) is 1. The van der Waals surface area contributed by atoms with Crippen LogP contribution in [0.25, 0.3) is 0 Å². The van der Waals surface area contributed by atoms with Crippen LogP contribution < -0.4 is 5.73 Å². The molecule has 0 saturated carbocycles. The number of piperazine rings is 1. The zero-order valence-corrected chi connectivity index (χ0v) is 20.3.